The van der Waals surface area contributed by atoms with Crippen LogP contribution < -0.4 is 10.9 Å². The van der Waals surface area contributed by atoms with Gasteiger partial charge in [-0.2, -0.15) is 0 Å². The summed E-state index contributed by atoms with van der Waals surface area (Å²) in [5.41, 5.74) is 2.46. The molecule has 3 heterocycles. The summed E-state index contributed by atoms with van der Waals surface area (Å²) in [6.07, 6.45) is 6.13. The minimum Gasteiger partial charge on any atom is -0.374 e. The number of rotatable bonds is 7. The number of ether oxygens (including phenoxy) is 1. The number of hydrogen-bond donors (Lipinski definition) is 1. The van der Waals surface area contributed by atoms with E-state index in [0.29, 0.717) is 19.7 Å². The molecule has 3 aromatic rings. The SMILES string of the molecule is O=C(CCn1cnc2sc3c(c2c1=O)CCCC3)NCC1CN(Cc2ccccc2)CCO1. The van der Waals surface area contributed by atoms with Crippen molar-refractivity contribution < 1.29 is 9.53 Å². The minimum atomic E-state index is -0.0712. The fraction of sp³-hybridized carbons (Fsp3) is 0.480. The number of hydrogen-bond acceptors (Lipinski definition) is 6. The second kappa shape index (κ2) is 10.2. The third kappa shape index (κ3) is 5.18. The van der Waals surface area contributed by atoms with E-state index < -0.39 is 0 Å². The number of benzene rings is 1. The number of morpholine rings is 1. The zero-order chi connectivity index (χ0) is 22.6. The molecule has 1 aromatic carbocycles. The summed E-state index contributed by atoms with van der Waals surface area (Å²) in [6.45, 7) is 4.06. The predicted octanol–water partition coefficient (Wildman–Crippen LogP) is 2.74. The highest BCUT2D eigenvalue weighted by molar-refractivity contribution is 7.18. The monoisotopic (exact) mass is 466 g/mol. The van der Waals surface area contributed by atoms with E-state index in [1.165, 1.54) is 22.4 Å². The van der Waals surface area contributed by atoms with Crippen LogP contribution in [-0.2, 0) is 35.5 Å². The summed E-state index contributed by atoms with van der Waals surface area (Å²) in [5.74, 6) is -0.0712. The normalized spacial score (nSPS) is 18.8. The van der Waals surface area contributed by atoms with E-state index in [0.717, 1.165) is 49.1 Å². The number of nitrogens with zero attached hydrogens (tertiary/aromatic N) is 3. The Morgan fingerprint density at radius 2 is 2.06 bits per heavy atom. The fourth-order valence-corrected chi connectivity index (χ4v) is 5.99. The molecule has 1 atom stereocenters. The van der Waals surface area contributed by atoms with E-state index in [9.17, 15) is 9.59 Å². The Balaban J connectivity index is 1.13. The van der Waals surface area contributed by atoms with Crippen molar-refractivity contribution >= 4 is 27.5 Å². The molecule has 1 amide bonds. The van der Waals surface area contributed by atoms with Gasteiger partial charge < -0.3 is 10.1 Å². The molecule has 8 heteroatoms. The molecule has 0 bridgehead atoms. The van der Waals surface area contributed by atoms with Gasteiger partial charge in [0.2, 0.25) is 5.91 Å². The van der Waals surface area contributed by atoms with Gasteiger partial charge in [-0.25, -0.2) is 4.98 Å². The van der Waals surface area contributed by atoms with Crippen molar-refractivity contribution in [1.29, 1.82) is 0 Å². The molecule has 2 aromatic heterocycles. The van der Waals surface area contributed by atoms with Crippen molar-refractivity contribution in [3.63, 3.8) is 0 Å². The number of carbonyl (C=O) groups excluding carboxylic acids is 1. The quantitative estimate of drug-likeness (QED) is 0.580. The number of fused-ring (bicyclic) bond motifs is 3. The summed E-state index contributed by atoms with van der Waals surface area (Å²) in [7, 11) is 0. The molecule has 33 heavy (non-hydrogen) atoms. The van der Waals surface area contributed by atoms with Crippen LogP contribution in [0.3, 0.4) is 0 Å². The van der Waals surface area contributed by atoms with Gasteiger partial charge in [-0.15, -0.1) is 11.3 Å². The molecule has 1 fully saturated rings. The van der Waals surface area contributed by atoms with Crippen LogP contribution in [0.5, 0.6) is 0 Å². The number of carbonyl (C=O) groups is 1. The average molecular weight is 467 g/mol. The summed E-state index contributed by atoms with van der Waals surface area (Å²) < 4.78 is 7.44. The van der Waals surface area contributed by atoms with Crippen LogP contribution in [0.2, 0.25) is 0 Å². The first kappa shape index (κ1) is 22.3. The molecule has 1 unspecified atom stereocenters. The Morgan fingerprint density at radius 3 is 2.94 bits per heavy atom. The van der Waals surface area contributed by atoms with Gasteiger partial charge in [0.25, 0.3) is 5.56 Å². The number of aromatic nitrogens is 2. The van der Waals surface area contributed by atoms with Crippen LogP contribution in [0, 0.1) is 0 Å². The molecular weight excluding hydrogens is 436 g/mol. The number of nitrogens with one attached hydrogen (secondary N) is 1. The Hall–Kier alpha value is -2.55. The third-order valence-corrected chi connectivity index (χ3v) is 7.72. The van der Waals surface area contributed by atoms with Crippen LogP contribution in [0.25, 0.3) is 10.2 Å². The maximum Gasteiger partial charge on any atom is 0.262 e. The molecule has 5 rings (SSSR count). The highest BCUT2D eigenvalue weighted by atomic mass is 32.1. The maximum absolute atomic E-state index is 13.0. The summed E-state index contributed by atoms with van der Waals surface area (Å²) in [6, 6.07) is 10.4. The van der Waals surface area contributed by atoms with E-state index in [1.54, 1.807) is 22.2 Å². The lowest BCUT2D eigenvalue weighted by molar-refractivity contribution is -0.122. The van der Waals surface area contributed by atoms with Gasteiger partial charge in [-0.3, -0.25) is 19.1 Å². The smallest absolute Gasteiger partial charge is 0.262 e. The summed E-state index contributed by atoms with van der Waals surface area (Å²) >= 11 is 1.65. The Morgan fingerprint density at radius 1 is 1.21 bits per heavy atom. The van der Waals surface area contributed by atoms with E-state index in [1.807, 2.05) is 6.07 Å². The molecule has 174 valence electrons. The molecule has 0 spiro atoms. The van der Waals surface area contributed by atoms with E-state index >= 15 is 0 Å². The van der Waals surface area contributed by atoms with Crippen LogP contribution >= 0.6 is 11.3 Å². The van der Waals surface area contributed by atoms with Crippen LogP contribution in [0.4, 0.5) is 0 Å². The molecular formula is C25H30N4O3S. The fourth-order valence-electron chi connectivity index (χ4n) is 4.77. The van der Waals surface area contributed by atoms with Gasteiger partial charge in [0.1, 0.15) is 4.83 Å². The van der Waals surface area contributed by atoms with Gasteiger partial charge in [-0.1, -0.05) is 30.3 Å². The topological polar surface area (TPSA) is 76.5 Å². The third-order valence-electron chi connectivity index (χ3n) is 6.52. The molecule has 2 aliphatic rings. The minimum absolute atomic E-state index is 0.0145. The molecule has 0 saturated carbocycles. The summed E-state index contributed by atoms with van der Waals surface area (Å²) in [4.78, 5) is 34.5. The number of amides is 1. The molecule has 1 N–H and O–H groups in total. The summed E-state index contributed by atoms with van der Waals surface area (Å²) in [5, 5.41) is 3.75. The Bertz CT molecular complexity index is 1170. The van der Waals surface area contributed by atoms with Gasteiger partial charge in [0.15, 0.2) is 0 Å². The predicted molar refractivity (Wildman–Crippen MR) is 130 cm³/mol. The average Bonchev–Trinajstić information content (AvgIpc) is 3.23. The largest absolute Gasteiger partial charge is 0.374 e. The Labute approximate surface area is 197 Å². The van der Waals surface area contributed by atoms with Crippen molar-refractivity contribution in [3.05, 3.63) is 63.0 Å². The molecule has 1 aliphatic heterocycles. The van der Waals surface area contributed by atoms with Crippen molar-refractivity contribution in [2.24, 2.45) is 0 Å². The van der Waals surface area contributed by atoms with Gasteiger partial charge in [0.05, 0.1) is 24.4 Å². The van der Waals surface area contributed by atoms with Crippen LogP contribution in [0.15, 0.2) is 41.5 Å². The Kier molecular flexibility index (Phi) is 6.85. The first-order chi connectivity index (χ1) is 16.2. The second-order valence-electron chi connectivity index (χ2n) is 8.90. The standard InChI is InChI=1S/C25H30N4O3S/c30-22(26-14-19-16-28(12-13-32-19)15-18-6-2-1-3-7-18)10-11-29-17-27-24-23(25(29)31)20-8-4-5-9-21(20)33-24/h1-3,6-7,17,19H,4-5,8-16H2,(H,26,30). The number of thiophene rings is 1. The van der Waals surface area contributed by atoms with Crippen molar-refractivity contribution in [1.82, 2.24) is 19.8 Å². The number of aryl methyl sites for hydroxylation is 3. The van der Waals surface area contributed by atoms with Crippen molar-refractivity contribution in [2.45, 2.75) is 51.3 Å². The highest BCUT2D eigenvalue weighted by Crippen LogP contribution is 2.33. The molecule has 0 radical (unpaired) electrons. The van der Waals surface area contributed by atoms with E-state index in [-0.39, 0.29) is 24.0 Å². The highest BCUT2D eigenvalue weighted by Gasteiger charge is 2.22. The van der Waals surface area contributed by atoms with Crippen molar-refractivity contribution in [3.8, 4) is 0 Å². The lowest BCUT2D eigenvalue weighted by Crippen LogP contribution is -2.47. The van der Waals surface area contributed by atoms with Gasteiger partial charge in [0, 0.05) is 44.0 Å². The first-order valence-electron chi connectivity index (χ1n) is 11.8. The first-order valence-corrected chi connectivity index (χ1v) is 12.6. The molecule has 7 nitrogen and oxygen atoms in total. The second-order valence-corrected chi connectivity index (χ2v) is 9.99. The van der Waals surface area contributed by atoms with Crippen molar-refractivity contribution in [2.75, 3.05) is 26.2 Å². The molecule has 1 aliphatic carbocycles. The van der Waals surface area contributed by atoms with Gasteiger partial charge >= 0.3 is 0 Å². The lowest BCUT2D eigenvalue weighted by atomic mass is 9.97. The zero-order valence-electron chi connectivity index (χ0n) is 18.8. The van der Waals surface area contributed by atoms with Crippen LogP contribution in [-0.4, -0.2) is 52.7 Å². The zero-order valence-corrected chi connectivity index (χ0v) is 19.6. The maximum atomic E-state index is 13.0. The van der Waals surface area contributed by atoms with Crippen LogP contribution in [0.1, 0.15) is 35.3 Å². The van der Waals surface area contributed by atoms with E-state index in [2.05, 4.69) is 39.5 Å². The van der Waals surface area contributed by atoms with E-state index in [4.69, 9.17) is 4.74 Å². The van der Waals surface area contributed by atoms with Gasteiger partial charge in [-0.05, 0) is 36.8 Å². The lowest BCUT2D eigenvalue weighted by Gasteiger charge is -2.33. The molecule has 1 saturated heterocycles.